The van der Waals surface area contributed by atoms with Crippen LogP contribution in [0.4, 0.5) is 10.5 Å². The first kappa shape index (κ1) is 20.0. The third-order valence-electron chi connectivity index (χ3n) is 3.82. The van der Waals surface area contributed by atoms with Crippen LogP contribution in [-0.2, 0) is 20.9 Å². The normalized spacial score (nSPS) is 11.3. The van der Waals surface area contributed by atoms with Gasteiger partial charge in [-0.05, 0) is 31.0 Å². The lowest BCUT2D eigenvalue weighted by molar-refractivity contribution is -0.119. The van der Waals surface area contributed by atoms with Crippen molar-refractivity contribution in [3.05, 3.63) is 65.7 Å². The highest BCUT2D eigenvalue weighted by Gasteiger charge is 2.22. The second-order valence-electron chi connectivity index (χ2n) is 6.12. The number of hydrogen-bond acceptors (Lipinski definition) is 4. The second-order valence-corrected chi connectivity index (χ2v) is 6.12. The summed E-state index contributed by atoms with van der Waals surface area (Å²) in [5, 5.41) is 5.20. The van der Waals surface area contributed by atoms with Gasteiger partial charge in [-0.1, -0.05) is 48.0 Å². The van der Waals surface area contributed by atoms with Crippen molar-refractivity contribution in [2.75, 3.05) is 5.32 Å². The molecule has 0 saturated heterocycles. The van der Waals surface area contributed by atoms with E-state index in [1.54, 1.807) is 12.1 Å². The Morgan fingerprint density at radius 1 is 1.04 bits per heavy atom. The minimum atomic E-state index is -0.943. The molecule has 27 heavy (non-hydrogen) atoms. The van der Waals surface area contributed by atoms with Crippen molar-refractivity contribution in [2.24, 2.45) is 5.73 Å². The van der Waals surface area contributed by atoms with E-state index in [9.17, 15) is 14.4 Å². The number of carbonyl (C=O) groups is 3. The molecule has 0 aromatic heterocycles. The summed E-state index contributed by atoms with van der Waals surface area (Å²) in [5.74, 6) is -1.00. The summed E-state index contributed by atoms with van der Waals surface area (Å²) in [6.07, 6.45) is -0.703. The van der Waals surface area contributed by atoms with Gasteiger partial charge in [-0.25, -0.2) is 4.79 Å². The molecule has 0 fully saturated rings. The Morgan fingerprint density at radius 2 is 1.70 bits per heavy atom. The number of rotatable bonds is 8. The van der Waals surface area contributed by atoms with Crippen LogP contribution in [0.5, 0.6) is 0 Å². The number of alkyl carbamates (subject to hydrolysis) is 1. The predicted octanol–water partition coefficient (Wildman–Crippen LogP) is 2.49. The molecule has 2 aromatic rings. The summed E-state index contributed by atoms with van der Waals surface area (Å²) in [7, 11) is 0. The van der Waals surface area contributed by atoms with E-state index in [1.165, 1.54) is 0 Å². The minimum absolute atomic E-state index is 0.0368. The smallest absolute Gasteiger partial charge is 0.408 e. The van der Waals surface area contributed by atoms with E-state index < -0.39 is 23.9 Å². The van der Waals surface area contributed by atoms with Gasteiger partial charge in [-0.3, -0.25) is 9.59 Å². The molecule has 142 valence electrons. The van der Waals surface area contributed by atoms with E-state index >= 15 is 0 Å². The molecule has 0 radical (unpaired) electrons. The van der Waals surface area contributed by atoms with Gasteiger partial charge < -0.3 is 21.1 Å². The summed E-state index contributed by atoms with van der Waals surface area (Å²) in [4.78, 5) is 35.6. The number of ether oxygens (including phenoxy) is 1. The summed E-state index contributed by atoms with van der Waals surface area (Å²) in [6, 6.07) is 15.5. The van der Waals surface area contributed by atoms with Crippen LogP contribution in [-0.4, -0.2) is 23.9 Å². The van der Waals surface area contributed by atoms with E-state index in [1.807, 2.05) is 49.4 Å². The van der Waals surface area contributed by atoms with Gasteiger partial charge in [0.05, 0.1) is 0 Å². The fraction of sp³-hybridized carbons (Fsp3) is 0.250. The molecule has 0 aliphatic rings. The summed E-state index contributed by atoms with van der Waals surface area (Å²) in [5.41, 5.74) is 7.63. The summed E-state index contributed by atoms with van der Waals surface area (Å²) >= 11 is 0. The van der Waals surface area contributed by atoms with Gasteiger partial charge in [0.15, 0.2) is 0 Å². The zero-order chi connectivity index (χ0) is 19.6. The average Bonchev–Trinajstić information content (AvgIpc) is 2.66. The number of aryl methyl sites for hydroxylation is 1. The molecule has 0 aliphatic heterocycles. The van der Waals surface area contributed by atoms with Crippen molar-refractivity contribution < 1.29 is 19.1 Å². The third-order valence-corrected chi connectivity index (χ3v) is 3.82. The first-order chi connectivity index (χ1) is 12.9. The molecule has 0 aliphatic carbocycles. The molecular formula is C20H23N3O4. The van der Waals surface area contributed by atoms with Crippen molar-refractivity contribution in [3.63, 3.8) is 0 Å². The van der Waals surface area contributed by atoms with Gasteiger partial charge in [0.25, 0.3) is 0 Å². The van der Waals surface area contributed by atoms with Gasteiger partial charge in [0.1, 0.15) is 12.6 Å². The zero-order valence-corrected chi connectivity index (χ0v) is 15.1. The van der Waals surface area contributed by atoms with E-state index in [0.29, 0.717) is 5.69 Å². The fourth-order valence-corrected chi connectivity index (χ4v) is 2.33. The minimum Gasteiger partial charge on any atom is -0.445 e. The van der Waals surface area contributed by atoms with Gasteiger partial charge in [0.2, 0.25) is 11.8 Å². The lowest BCUT2D eigenvalue weighted by atomic mass is 10.1. The van der Waals surface area contributed by atoms with Crippen LogP contribution < -0.4 is 16.4 Å². The number of amides is 3. The average molecular weight is 369 g/mol. The highest BCUT2D eigenvalue weighted by atomic mass is 16.5. The Hall–Kier alpha value is -3.35. The van der Waals surface area contributed by atoms with E-state index in [-0.39, 0.29) is 19.4 Å². The van der Waals surface area contributed by atoms with E-state index in [2.05, 4.69) is 10.6 Å². The van der Waals surface area contributed by atoms with Gasteiger partial charge in [-0.15, -0.1) is 0 Å². The first-order valence-electron chi connectivity index (χ1n) is 8.57. The second kappa shape index (κ2) is 9.96. The molecule has 0 unspecified atom stereocenters. The Morgan fingerprint density at radius 3 is 2.33 bits per heavy atom. The van der Waals surface area contributed by atoms with Crippen molar-refractivity contribution in [1.29, 1.82) is 0 Å². The van der Waals surface area contributed by atoms with Crippen LogP contribution in [0.3, 0.4) is 0 Å². The number of nitrogens with one attached hydrogen (secondary N) is 2. The topological polar surface area (TPSA) is 111 Å². The van der Waals surface area contributed by atoms with E-state index in [0.717, 1.165) is 11.1 Å². The van der Waals surface area contributed by atoms with Crippen molar-refractivity contribution >= 4 is 23.6 Å². The molecule has 0 bridgehead atoms. The molecule has 4 N–H and O–H groups in total. The maximum absolute atomic E-state index is 12.5. The number of carbonyl (C=O) groups excluding carboxylic acids is 3. The molecule has 2 aromatic carbocycles. The van der Waals surface area contributed by atoms with Crippen molar-refractivity contribution in [2.45, 2.75) is 32.4 Å². The summed E-state index contributed by atoms with van der Waals surface area (Å²) < 4.78 is 5.14. The van der Waals surface area contributed by atoms with Gasteiger partial charge in [0, 0.05) is 12.1 Å². The number of nitrogens with two attached hydrogens (primary N) is 1. The maximum Gasteiger partial charge on any atom is 0.408 e. The van der Waals surface area contributed by atoms with Crippen LogP contribution in [0.25, 0.3) is 0 Å². The number of anilines is 1. The Bertz CT molecular complexity index is 776. The van der Waals surface area contributed by atoms with Crippen molar-refractivity contribution in [1.82, 2.24) is 5.32 Å². The monoisotopic (exact) mass is 369 g/mol. The van der Waals surface area contributed by atoms with Crippen LogP contribution in [0, 0.1) is 6.92 Å². The SMILES string of the molecule is Cc1ccc(NC(=O)[C@H](CCC(N)=O)NC(=O)OCc2ccccc2)cc1. The molecule has 2 rings (SSSR count). The quantitative estimate of drug-likeness (QED) is 0.664. The largest absolute Gasteiger partial charge is 0.445 e. The lowest BCUT2D eigenvalue weighted by Gasteiger charge is -2.18. The molecule has 7 nitrogen and oxygen atoms in total. The number of benzene rings is 2. The first-order valence-corrected chi connectivity index (χ1v) is 8.57. The molecule has 0 saturated carbocycles. The highest BCUT2D eigenvalue weighted by molar-refractivity contribution is 5.96. The molecule has 7 heteroatoms. The van der Waals surface area contributed by atoms with Crippen LogP contribution in [0.1, 0.15) is 24.0 Å². The molecule has 3 amide bonds. The number of primary amides is 1. The Labute approximate surface area is 157 Å². The zero-order valence-electron chi connectivity index (χ0n) is 15.1. The Balaban J connectivity index is 1.95. The summed E-state index contributed by atoms with van der Waals surface area (Å²) in [6.45, 7) is 2.01. The van der Waals surface area contributed by atoms with Crippen LogP contribution in [0.15, 0.2) is 54.6 Å². The molecular weight excluding hydrogens is 346 g/mol. The Kier molecular flexibility index (Phi) is 7.37. The van der Waals surface area contributed by atoms with Crippen LogP contribution in [0.2, 0.25) is 0 Å². The third kappa shape index (κ3) is 7.19. The fourth-order valence-electron chi connectivity index (χ4n) is 2.33. The predicted molar refractivity (Wildman–Crippen MR) is 102 cm³/mol. The van der Waals surface area contributed by atoms with Gasteiger partial charge in [-0.2, -0.15) is 0 Å². The molecule has 0 heterocycles. The molecule has 0 spiro atoms. The van der Waals surface area contributed by atoms with Crippen molar-refractivity contribution in [3.8, 4) is 0 Å². The standard InChI is InChI=1S/C20H23N3O4/c1-14-7-9-16(10-8-14)22-19(25)17(11-12-18(21)24)23-20(26)27-13-15-5-3-2-4-6-15/h2-10,17H,11-13H2,1H3,(H2,21,24)(H,22,25)(H,23,26)/t17-/m0/s1. The van der Waals surface area contributed by atoms with E-state index in [4.69, 9.17) is 10.5 Å². The molecule has 1 atom stereocenters. The maximum atomic E-state index is 12.5. The van der Waals surface area contributed by atoms with Gasteiger partial charge >= 0.3 is 6.09 Å². The lowest BCUT2D eigenvalue weighted by Crippen LogP contribution is -2.44. The number of hydrogen-bond donors (Lipinski definition) is 3. The highest BCUT2D eigenvalue weighted by Crippen LogP contribution is 2.10. The van der Waals surface area contributed by atoms with Crippen LogP contribution >= 0.6 is 0 Å².